The number of fused-ring (bicyclic) bond motifs is 1. The molecule has 3 aromatic rings. The van der Waals surface area contributed by atoms with Gasteiger partial charge in [-0.1, -0.05) is 50.6 Å². The minimum Gasteiger partial charge on any atom is -0.411 e. The zero-order chi connectivity index (χ0) is 23.6. The normalized spacial score (nSPS) is 15.7. The number of carbonyl (C=O) groups excluding carboxylic acids is 1. The summed E-state index contributed by atoms with van der Waals surface area (Å²) in [7, 11) is 0. The van der Waals surface area contributed by atoms with Gasteiger partial charge in [0.2, 0.25) is 11.8 Å². The van der Waals surface area contributed by atoms with Crippen molar-refractivity contribution in [1.82, 2.24) is 10.2 Å². The molecule has 172 valence electrons. The average Bonchev–Trinajstić information content (AvgIpc) is 3.41. The third kappa shape index (κ3) is 5.26. The average molecular weight is 501 g/mol. The molecule has 2 aromatic heterocycles. The number of halogens is 1. The van der Waals surface area contributed by atoms with Crippen molar-refractivity contribution in [2.24, 2.45) is 11.3 Å². The van der Waals surface area contributed by atoms with E-state index in [1.54, 1.807) is 35.6 Å². The minimum absolute atomic E-state index is 0.112. The highest BCUT2D eigenvalue weighted by Gasteiger charge is 2.34. The van der Waals surface area contributed by atoms with Gasteiger partial charge in [0.15, 0.2) is 0 Å². The number of thioether (sulfide) groups is 1. The van der Waals surface area contributed by atoms with Gasteiger partial charge in [-0.05, 0) is 60.4 Å². The molecule has 0 spiro atoms. The van der Waals surface area contributed by atoms with E-state index in [1.165, 1.54) is 4.88 Å². The van der Waals surface area contributed by atoms with E-state index >= 15 is 0 Å². The van der Waals surface area contributed by atoms with Crippen molar-refractivity contribution in [2.45, 2.75) is 51.7 Å². The summed E-state index contributed by atoms with van der Waals surface area (Å²) in [6.07, 6.45) is 4.06. The summed E-state index contributed by atoms with van der Waals surface area (Å²) < 4.78 is 5.64. The van der Waals surface area contributed by atoms with Crippen LogP contribution in [0.5, 0.6) is 0 Å². The molecule has 1 amide bonds. The van der Waals surface area contributed by atoms with E-state index in [4.69, 9.17) is 16.0 Å². The predicted octanol–water partition coefficient (Wildman–Crippen LogP) is 6.60. The second-order valence-corrected chi connectivity index (χ2v) is 11.3. The lowest BCUT2D eigenvalue weighted by molar-refractivity contribution is -0.113. The minimum atomic E-state index is -0.202. The van der Waals surface area contributed by atoms with Crippen LogP contribution in [0.3, 0.4) is 0 Å². The van der Waals surface area contributed by atoms with Crippen LogP contribution in [0.1, 0.15) is 49.6 Å². The molecule has 6 nitrogen and oxygen atoms in total. The fourth-order valence-corrected chi connectivity index (χ4v) is 6.00. The van der Waals surface area contributed by atoms with E-state index in [1.807, 2.05) is 0 Å². The van der Waals surface area contributed by atoms with Gasteiger partial charge in [0.05, 0.1) is 11.3 Å². The van der Waals surface area contributed by atoms with Gasteiger partial charge < -0.3 is 9.73 Å². The molecule has 1 aromatic carbocycles. The largest absolute Gasteiger partial charge is 0.411 e. The first-order valence-electron chi connectivity index (χ1n) is 10.9. The molecule has 9 heteroatoms. The first-order valence-corrected chi connectivity index (χ1v) is 13.1. The summed E-state index contributed by atoms with van der Waals surface area (Å²) >= 11 is 8.62. The Morgan fingerprint density at radius 2 is 2.12 bits per heavy atom. The Bertz CT molecular complexity index is 1190. The van der Waals surface area contributed by atoms with Gasteiger partial charge in [0, 0.05) is 15.5 Å². The third-order valence-electron chi connectivity index (χ3n) is 6.47. The van der Waals surface area contributed by atoms with E-state index in [2.05, 4.69) is 42.4 Å². The van der Waals surface area contributed by atoms with Crippen molar-refractivity contribution in [1.29, 1.82) is 5.26 Å². The van der Waals surface area contributed by atoms with Gasteiger partial charge in [-0.15, -0.1) is 21.5 Å². The van der Waals surface area contributed by atoms with Crippen molar-refractivity contribution in [3.05, 3.63) is 45.3 Å². The maximum atomic E-state index is 12.6. The fourth-order valence-electron chi connectivity index (χ4n) is 4.02. The maximum absolute atomic E-state index is 12.6. The molecule has 0 saturated heterocycles. The number of nitrogens with one attached hydrogen (secondary N) is 1. The van der Waals surface area contributed by atoms with Crippen molar-refractivity contribution in [3.8, 4) is 17.5 Å². The van der Waals surface area contributed by atoms with Crippen molar-refractivity contribution in [2.75, 3.05) is 11.1 Å². The van der Waals surface area contributed by atoms with Gasteiger partial charge in [0.1, 0.15) is 11.1 Å². The Kier molecular flexibility index (Phi) is 7.13. The lowest BCUT2D eigenvalue weighted by Gasteiger charge is -2.36. The zero-order valence-electron chi connectivity index (χ0n) is 18.8. The molecule has 0 saturated carbocycles. The van der Waals surface area contributed by atoms with Crippen LogP contribution in [0, 0.1) is 22.7 Å². The van der Waals surface area contributed by atoms with Crippen LogP contribution in [0.2, 0.25) is 5.02 Å². The van der Waals surface area contributed by atoms with E-state index < -0.39 is 0 Å². The van der Waals surface area contributed by atoms with Crippen LogP contribution >= 0.6 is 34.7 Å². The van der Waals surface area contributed by atoms with Crippen LogP contribution in [-0.4, -0.2) is 21.9 Å². The van der Waals surface area contributed by atoms with Crippen LogP contribution in [0.15, 0.2) is 33.9 Å². The van der Waals surface area contributed by atoms with Gasteiger partial charge >= 0.3 is 0 Å². The van der Waals surface area contributed by atoms with Gasteiger partial charge in [0.25, 0.3) is 5.22 Å². The topological polar surface area (TPSA) is 91.8 Å². The molecule has 1 aliphatic rings. The van der Waals surface area contributed by atoms with Gasteiger partial charge in [-0.3, -0.25) is 4.79 Å². The Labute approximate surface area is 206 Å². The fraction of sp³-hybridized carbons (Fsp3) is 0.417. The van der Waals surface area contributed by atoms with Crippen molar-refractivity contribution >= 4 is 45.6 Å². The number of carbonyl (C=O) groups is 1. The molecule has 0 aliphatic heterocycles. The first kappa shape index (κ1) is 23.8. The van der Waals surface area contributed by atoms with E-state index in [-0.39, 0.29) is 17.1 Å². The smallest absolute Gasteiger partial charge is 0.277 e. The second kappa shape index (κ2) is 9.88. The SMILES string of the molecule is CCC(C)(C)[C@@H]1CCc2c(sc(NC(=O)CSc3nnc(-c4ccc(Cl)cc4)o3)c2C#N)C1. The molecule has 0 bridgehead atoms. The second-order valence-electron chi connectivity index (χ2n) is 8.82. The molecule has 1 aliphatic carbocycles. The highest BCUT2D eigenvalue weighted by molar-refractivity contribution is 7.99. The zero-order valence-corrected chi connectivity index (χ0v) is 21.2. The Balaban J connectivity index is 1.39. The van der Waals surface area contributed by atoms with Crippen LogP contribution < -0.4 is 5.32 Å². The van der Waals surface area contributed by atoms with Gasteiger partial charge in [-0.2, -0.15) is 5.26 Å². The summed E-state index contributed by atoms with van der Waals surface area (Å²) in [4.78, 5) is 13.8. The summed E-state index contributed by atoms with van der Waals surface area (Å²) in [5.74, 6) is 0.872. The highest BCUT2D eigenvalue weighted by atomic mass is 35.5. The Morgan fingerprint density at radius 1 is 1.36 bits per heavy atom. The van der Waals surface area contributed by atoms with Crippen molar-refractivity contribution in [3.63, 3.8) is 0 Å². The van der Waals surface area contributed by atoms with E-state index in [9.17, 15) is 10.1 Å². The summed E-state index contributed by atoms with van der Waals surface area (Å²) in [6, 6.07) is 9.41. The molecule has 4 rings (SSSR count). The molecule has 1 N–H and O–H groups in total. The standard InChI is InChI=1S/C24H25ClN4O2S2/c1-4-24(2,3)15-7-10-17-18(12-26)22(33-19(17)11-15)27-20(30)13-32-23-29-28-21(31-23)14-5-8-16(25)9-6-14/h5-6,8-9,15H,4,7,10-11,13H2,1-3H3,(H,27,30)/t15-/m1/s1. The van der Waals surface area contributed by atoms with Gasteiger partial charge in [-0.25, -0.2) is 0 Å². The number of rotatable bonds is 7. The van der Waals surface area contributed by atoms with Crippen LogP contribution in [-0.2, 0) is 17.6 Å². The quantitative estimate of drug-likeness (QED) is 0.367. The number of benzene rings is 1. The molecule has 33 heavy (non-hydrogen) atoms. The Morgan fingerprint density at radius 3 is 2.82 bits per heavy atom. The number of nitriles is 1. The summed E-state index contributed by atoms with van der Waals surface area (Å²) in [5.41, 5.74) is 2.75. The first-order chi connectivity index (χ1) is 15.8. The molecule has 0 radical (unpaired) electrons. The number of nitrogens with zero attached hydrogens (tertiary/aromatic N) is 3. The van der Waals surface area contributed by atoms with E-state index in [0.29, 0.717) is 32.6 Å². The number of aromatic nitrogens is 2. The molecular formula is C24H25ClN4O2S2. The molecule has 2 heterocycles. The van der Waals surface area contributed by atoms with Crippen LogP contribution in [0.4, 0.5) is 5.00 Å². The lowest BCUT2D eigenvalue weighted by Crippen LogP contribution is -2.28. The van der Waals surface area contributed by atoms with Crippen LogP contribution in [0.25, 0.3) is 11.5 Å². The third-order valence-corrected chi connectivity index (χ3v) is 8.71. The molecule has 0 unspecified atom stereocenters. The maximum Gasteiger partial charge on any atom is 0.277 e. The molecular weight excluding hydrogens is 476 g/mol. The predicted molar refractivity (Wildman–Crippen MR) is 133 cm³/mol. The molecule has 0 fully saturated rings. The Hall–Kier alpha value is -2.34. The lowest BCUT2D eigenvalue weighted by atomic mass is 9.69. The van der Waals surface area contributed by atoms with Crippen molar-refractivity contribution < 1.29 is 9.21 Å². The number of hydrogen-bond acceptors (Lipinski definition) is 7. The monoisotopic (exact) mass is 500 g/mol. The highest BCUT2D eigenvalue weighted by Crippen LogP contribution is 2.45. The van der Waals surface area contributed by atoms with E-state index in [0.717, 1.165) is 48.6 Å². The number of thiophene rings is 1. The summed E-state index contributed by atoms with van der Waals surface area (Å²) in [6.45, 7) is 6.87. The molecule has 1 atom stereocenters. The summed E-state index contributed by atoms with van der Waals surface area (Å²) in [5, 5.41) is 22.3. The number of amides is 1. The number of anilines is 1. The number of hydrogen-bond donors (Lipinski definition) is 1.